The second kappa shape index (κ2) is 8.32. The number of fused-ring (bicyclic) bond motifs is 3. The van der Waals surface area contributed by atoms with Crippen LogP contribution in [0.3, 0.4) is 0 Å². The van der Waals surface area contributed by atoms with E-state index in [0.717, 1.165) is 52.0 Å². The SMILES string of the molecule is CCCC(C)(C)c1cc(CCC(O)=CC(=O)Cl)c2ccc3ccccc3c2[o+]1. The molecule has 0 aliphatic heterocycles. The largest absolute Gasteiger partial charge is 0.512 e. The van der Waals surface area contributed by atoms with Gasteiger partial charge in [-0.25, -0.2) is 4.42 Å². The summed E-state index contributed by atoms with van der Waals surface area (Å²) in [7, 11) is 0. The molecular weight excluding hydrogens is 372 g/mol. The molecule has 0 amide bonds. The van der Waals surface area contributed by atoms with Crippen LogP contribution in [0.1, 0.15) is 51.4 Å². The monoisotopic (exact) mass is 397 g/mol. The molecule has 3 nitrogen and oxygen atoms in total. The van der Waals surface area contributed by atoms with Crippen molar-refractivity contribution < 1.29 is 14.3 Å². The summed E-state index contributed by atoms with van der Waals surface area (Å²) >= 11 is 5.34. The van der Waals surface area contributed by atoms with Gasteiger partial charge in [-0.1, -0.05) is 37.6 Å². The number of halogens is 1. The number of carbonyl (C=O) groups is 1. The normalized spacial score (nSPS) is 12.6. The predicted molar refractivity (Wildman–Crippen MR) is 116 cm³/mol. The van der Waals surface area contributed by atoms with Gasteiger partial charge in [0.2, 0.25) is 5.24 Å². The van der Waals surface area contributed by atoms with Gasteiger partial charge in [0.15, 0.2) is 0 Å². The minimum Gasteiger partial charge on any atom is -0.512 e. The maximum atomic E-state index is 11.0. The quantitative estimate of drug-likeness (QED) is 0.152. The van der Waals surface area contributed by atoms with E-state index in [9.17, 15) is 9.90 Å². The lowest BCUT2D eigenvalue weighted by Gasteiger charge is -2.17. The van der Waals surface area contributed by atoms with E-state index < -0.39 is 5.24 Å². The average Bonchev–Trinajstić information content (AvgIpc) is 2.65. The molecule has 0 aliphatic rings. The van der Waals surface area contributed by atoms with Gasteiger partial charge in [-0.2, -0.15) is 0 Å². The number of aliphatic hydroxyl groups excluding tert-OH is 1. The fourth-order valence-electron chi connectivity index (χ4n) is 3.74. The summed E-state index contributed by atoms with van der Waals surface area (Å²) in [6.45, 7) is 6.56. The zero-order valence-electron chi connectivity index (χ0n) is 16.6. The molecule has 28 heavy (non-hydrogen) atoms. The Morgan fingerprint density at radius 1 is 1.18 bits per heavy atom. The Kier molecular flexibility index (Phi) is 6.04. The lowest BCUT2D eigenvalue weighted by atomic mass is 9.84. The summed E-state index contributed by atoms with van der Waals surface area (Å²) in [6.07, 6.45) is 4.07. The second-order valence-corrected chi connectivity index (χ2v) is 8.25. The molecule has 0 saturated heterocycles. The summed E-state index contributed by atoms with van der Waals surface area (Å²) in [5, 5.41) is 12.5. The summed E-state index contributed by atoms with van der Waals surface area (Å²) in [5.41, 5.74) is 1.86. The Hall–Kier alpha value is -2.39. The number of hydrogen-bond acceptors (Lipinski definition) is 2. The first-order valence-corrected chi connectivity index (χ1v) is 10.1. The maximum absolute atomic E-state index is 11.0. The highest BCUT2D eigenvalue weighted by atomic mass is 35.5. The summed E-state index contributed by atoms with van der Waals surface area (Å²) < 4.78 is 6.45. The molecular formula is C24H26ClO3+. The van der Waals surface area contributed by atoms with Gasteiger partial charge in [-0.3, -0.25) is 4.79 Å². The third-order valence-corrected chi connectivity index (χ3v) is 5.32. The molecule has 146 valence electrons. The number of aliphatic hydroxyl groups is 1. The third kappa shape index (κ3) is 4.36. The minimum atomic E-state index is -0.666. The number of carbonyl (C=O) groups excluding carboxylic acids is 1. The van der Waals surface area contributed by atoms with Crippen LogP contribution in [0.15, 0.2) is 58.7 Å². The first-order valence-electron chi connectivity index (χ1n) is 9.69. The van der Waals surface area contributed by atoms with Crippen LogP contribution >= 0.6 is 11.6 Å². The van der Waals surface area contributed by atoms with E-state index in [2.05, 4.69) is 51.1 Å². The fraction of sp³-hybridized carbons (Fsp3) is 0.333. The van der Waals surface area contributed by atoms with Crippen LogP contribution in [0, 0.1) is 0 Å². The molecule has 0 unspecified atom stereocenters. The van der Waals surface area contributed by atoms with Crippen molar-refractivity contribution in [2.45, 2.75) is 51.9 Å². The number of aryl methyl sites for hydroxylation is 1. The van der Waals surface area contributed by atoms with Gasteiger partial charge in [0.05, 0.1) is 21.9 Å². The topological polar surface area (TPSA) is 48.6 Å². The number of hydrogen-bond donors (Lipinski definition) is 1. The van der Waals surface area contributed by atoms with Crippen molar-refractivity contribution in [3.8, 4) is 0 Å². The van der Waals surface area contributed by atoms with Crippen molar-refractivity contribution in [3.63, 3.8) is 0 Å². The van der Waals surface area contributed by atoms with Gasteiger partial charge in [-0.05, 0) is 61.4 Å². The summed E-state index contributed by atoms with van der Waals surface area (Å²) in [4.78, 5) is 11.0. The van der Waals surface area contributed by atoms with Crippen molar-refractivity contribution in [1.82, 2.24) is 0 Å². The molecule has 0 atom stereocenters. The molecule has 0 spiro atoms. The van der Waals surface area contributed by atoms with Gasteiger partial charge in [0.25, 0.3) is 0 Å². The van der Waals surface area contributed by atoms with Crippen LogP contribution in [-0.4, -0.2) is 10.3 Å². The van der Waals surface area contributed by atoms with E-state index in [1.165, 1.54) is 0 Å². The smallest absolute Gasteiger partial charge is 0.368 e. The highest BCUT2D eigenvalue weighted by molar-refractivity contribution is 6.66. The molecule has 3 aromatic rings. The van der Waals surface area contributed by atoms with Crippen LogP contribution < -0.4 is 0 Å². The molecule has 0 radical (unpaired) electrons. The van der Waals surface area contributed by atoms with Crippen LogP contribution in [0.4, 0.5) is 0 Å². The Morgan fingerprint density at radius 3 is 2.64 bits per heavy atom. The van der Waals surface area contributed by atoms with Gasteiger partial charge >= 0.3 is 11.3 Å². The van der Waals surface area contributed by atoms with Crippen molar-refractivity contribution in [1.29, 1.82) is 0 Å². The van der Waals surface area contributed by atoms with Crippen molar-refractivity contribution in [2.75, 3.05) is 0 Å². The third-order valence-electron chi connectivity index (χ3n) is 5.22. The van der Waals surface area contributed by atoms with E-state index >= 15 is 0 Å². The molecule has 1 N–H and O–H groups in total. The molecule has 0 saturated carbocycles. The Morgan fingerprint density at radius 2 is 1.93 bits per heavy atom. The van der Waals surface area contributed by atoms with Crippen LogP contribution in [0.2, 0.25) is 0 Å². The molecule has 1 aromatic heterocycles. The van der Waals surface area contributed by atoms with E-state index in [4.69, 9.17) is 16.0 Å². The molecule has 3 rings (SSSR count). The Balaban J connectivity index is 2.17. The molecule has 4 heteroatoms. The highest BCUT2D eigenvalue weighted by Gasteiger charge is 2.33. The van der Waals surface area contributed by atoms with Crippen molar-refractivity contribution in [3.05, 3.63) is 65.6 Å². The minimum absolute atomic E-state index is 0.0101. The van der Waals surface area contributed by atoms with Crippen LogP contribution in [-0.2, 0) is 16.6 Å². The van der Waals surface area contributed by atoms with Crippen LogP contribution in [0.5, 0.6) is 0 Å². The van der Waals surface area contributed by atoms with Gasteiger partial charge < -0.3 is 5.11 Å². The zero-order chi connectivity index (χ0) is 20.3. The summed E-state index contributed by atoms with van der Waals surface area (Å²) in [6, 6.07) is 14.4. The standard InChI is InChI=1S/C24H25ClO3/c1-4-13-24(2,3)21-14-17(9-11-18(26)15-22(25)27)20-12-10-16-7-5-6-8-19(16)23(20)28-21/h5-8,10,12,14-15H,4,9,11,13H2,1-3H3/p+1. The molecule has 0 bridgehead atoms. The number of allylic oxidation sites excluding steroid dienone is 2. The van der Waals surface area contributed by atoms with E-state index in [1.807, 2.05) is 12.1 Å². The van der Waals surface area contributed by atoms with E-state index in [-0.39, 0.29) is 11.2 Å². The van der Waals surface area contributed by atoms with E-state index in [0.29, 0.717) is 12.8 Å². The molecule has 0 aliphatic carbocycles. The molecule has 0 fully saturated rings. The van der Waals surface area contributed by atoms with Crippen LogP contribution in [0.25, 0.3) is 21.7 Å². The predicted octanol–water partition coefficient (Wildman–Crippen LogP) is 7.08. The lowest BCUT2D eigenvalue weighted by Crippen LogP contribution is -2.17. The highest BCUT2D eigenvalue weighted by Crippen LogP contribution is 2.36. The van der Waals surface area contributed by atoms with Gasteiger partial charge in [0, 0.05) is 18.6 Å². The first kappa shape index (κ1) is 20.3. The fourth-order valence-corrected chi connectivity index (χ4v) is 3.86. The van der Waals surface area contributed by atoms with Gasteiger partial charge in [-0.15, -0.1) is 0 Å². The summed E-state index contributed by atoms with van der Waals surface area (Å²) in [5.74, 6) is 0.925. The number of benzene rings is 2. The average molecular weight is 398 g/mol. The first-order chi connectivity index (χ1) is 13.3. The van der Waals surface area contributed by atoms with Crippen molar-refractivity contribution >= 4 is 38.6 Å². The van der Waals surface area contributed by atoms with Gasteiger partial charge in [0.1, 0.15) is 0 Å². The van der Waals surface area contributed by atoms with E-state index in [1.54, 1.807) is 0 Å². The maximum Gasteiger partial charge on any atom is 0.368 e. The van der Waals surface area contributed by atoms with Crippen molar-refractivity contribution in [2.24, 2.45) is 0 Å². The Bertz CT molecular complexity index is 1050. The molecule has 1 heterocycles. The second-order valence-electron chi connectivity index (χ2n) is 7.87. The Labute approximate surface area is 170 Å². The molecule has 2 aromatic carbocycles. The zero-order valence-corrected chi connectivity index (χ0v) is 17.3. The number of rotatable bonds is 7. The lowest BCUT2D eigenvalue weighted by molar-refractivity contribution is -0.107.